The van der Waals surface area contributed by atoms with Gasteiger partial charge in [-0.1, -0.05) is 0 Å². The third kappa shape index (κ3) is 3.26. The van der Waals surface area contributed by atoms with Crippen molar-refractivity contribution in [1.29, 1.82) is 0 Å². The van der Waals surface area contributed by atoms with Crippen LogP contribution in [0.1, 0.15) is 22.0 Å². The Kier molecular flexibility index (Phi) is 4.13. The lowest BCUT2D eigenvalue weighted by molar-refractivity contribution is -0.145. The minimum absolute atomic E-state index is 0.250. The second-order valence-electron chi connectivity index (χ2n) is 5.00. The van der Waals surface area contributed by atoms with Gasteiger partial charge in [0, 0.05) is 30.9 Å². The SMILES string of the molecule is O=c1[nH]c(C(F)(F)F)nc2c1CN(Cc1ccc(Br)s1)CC2. The van der Waals surface area contributed by atoms with Crippen molar-refractivity contribution in [3.05, 3.63) is 48.2 Å². The number of hydrogen-bond donors (Lipinski definition) is 1. The molecule has 0 saturated carbocycles. The van der Waals surface area contributed by atoms with E-state index in [0.29, 0.717) is 31.6 Å². The molecule has 2 aromatic rings. The van der Waals surface area contributed by atoms with Gasteiger partial charge in [-0.2, -0.15) is 13.2 Å². The Hall–Kier alpha value is -1.19. The van der Waals surface area contributed by atoms with Gasteiger partial charge in [-0.3, -0.25) is 9.69 Å². The highest BCUT2D eigenvalue weighted by Crippen LogP contribution is 2.28. The van der Waals surface area contributed by atoms with Crippen LogP contribution in [0, 0.1) is 0 Å². The Morgan fingerprint density at radius 1 is 1.41 bits per heavy atom. The molecule has 1 aliphatic rings. The van der Waals surface area contributed by atoms with Gasteiger partial charge in [0.25, 0.3) is 5.56 Å². The molecule has 0 aromatic carbocycles. The molecule has 9 heteroatoms. The molecular formula is C13H11BrF3N3OS. The average molecular weight is 394 g/mol. The number of nitrogens with zero attached hydrogens (tertiary/aromatic N) is 2. The molecule has 3 rings (SSSR count). The summed E-state index contributed by atoms with van der Waals surface area (Å²) in [5, 5.41) is 0. The molecule has 4 nitrogen and oxygen atoms in total. The maximum atomic E-state index is 12.7. The van der Waals surface area contributed by atoms with Crippen molar-refractivity contribution in [1.82, 2.24) is 14.9 Å². The van der Waals surface area contributed by atoms with Gasteiger partial charge in [0.15, 0.2) is 0 Å². The van der Waals surface area contributed by atoms with Crippen LogP contribution in [-0.2, 0) is 25.7 Å². The average Bonchev–Trinajstić information content (AvgIpc) is 2.83. The van der Waals surface area contributed by atoms with Gasteiger partial charge in [-0.15, -0.1) is 11.3 Å². The number of rotatable bonds is 2. The zero-order chi connectivity index (χ0) is 15.9. The van der Waals surface area contributed by atoms with E-state index in [1.165, 1.54) is 0 Å². The van der Waals surface area contributed by atoms with Crippen LogP contribution in [0.15, 0.2) is 20.7 Å². The summed E-state index contributed by atoms with van der Waals surface area (Å²) in [6.45, 7) is 1.55. The van der Waals surface area contributed by atoms with Crippen LogP contribution in [0.5, 0.6) is 0 Å². The molecule has 0 amide bonds. The third-order valence-corrected chi connectivity index (χ3v) is 5.03. The van der Waals surface area contributed by atoms with E-state index < -0.39 is 17.6 Å². The number of aromatic amines is 1. The first kappa shape index (κ1) is 15.7. The molecule has 1 N–H and O–H groups in total. The zero-order valence-corrected chi connectivity index (χ0v) is 13.6. The number of H-pyrrole nitrogens is 1. The number of thiophene rings is 1. The molecular weight excluding hydrogens is 383 g/mol. The summed E-state index contributed by atoms with van der Waals surface area (Å²) in [7, 11) is 0. The van der Waals surface area contributed by atoms with Gasteiger partial charge >= 0.3 is 6.18 Å². The molecule has 2 aromatic heterocycles. The van der Waals surface area contributed by atoms with Crippen molar-refractivity contribution >= 4 is 27.3 Å². The first-order valence-corrected chi connectivity index (χ1v) is 8.10. The molecule has 1 aliphatic heterocycles. The highest BCUT2D eigenvalue weighted by atomic mass is 79.9. The van der Waals surface area contributed by atoms with E-state index in [4.69, 9.17) is 0 Å². The normalized spacial score (nSPS) is 15.8. The second kappa shape index (κ2) is 5.78. The fourth-order valence-electron chi connectivity index (χ4n) is 2.41. The van der Waals surface area contributed by atoms with Gasteiger partial charge in [0.05, 0.1) is 15.0 Å². The Morgan fingerprint density at radius 3 is 2.82 bits per heavy atom. The maximum Gasteiger partial charge on any atom is 0.449 e. The van der Waals surface area contributed by atoms with Crippen LogP contribution < -0.4 is 5.56 Å². The minimum Gasteiger partial charge on any atom is -0.303 e. The number of hydrogen-bond acceptors (Lipinski definition) is 4. The van der Waals surface area contributed by atoms with E-state index in [-0.39, 0.29) is 5.69 Å². The number of aromatic nitrogens is 2. The van der Waals surface area contributed by atoms with E-state index in [9.17, 15) is 18.0 Å². The molecule has 0 spiro atoms. The number of alkyl halides is 3. The number of fused-ring (bicyclic) bond motifs is 1. The van der Waals surface area contributed by atoms with Crippen molar-refractivity contribution in [2.75, 3.05) is 6.54 Å². The minimum atomic E-state index is -4.63. The Labute approximate surface area is 136 Å². The molecule has 0 saturated heterocycles. The van der Waals surface area contributed by atoms with Crippen LogP contribution in [-0.4, -0.2) is 21.4 Å². The summed E-state index contributed by atoms with van der Waals surface area (Å²) < 4.78 is 39.0. The first-order valence-electron chi connectivity index (χ1n) is 6.49. The third-order valence-electron chi connectivity index (χ3n) is 3.42. The smallest absolute Gasteiger partial charge is 0.303 e. The lowest BCUT2D eigenvalue weighted by Crippen LogP contribution is -2.36. The van der Waals surface area contributed by atoms with E-state index in [2.05, 4.69) is 20.9 Å². The molecule has 3 heterocycles. The Balaban J connectivity index is 1.83. The van der Waals surface area contributed by atoms with E-state index in [1.807, 2.05) is 22.0 Å². The molecule has 0 unspecified atom stereocenters. The second-order valence-corrected chi connectivity index (χ2v) is 7.55. The summed E-state index contributed by atoms with van der Waals surface area (Å²) in [6.07, 6.45) is -4.29. The first-order chi connectivity index (χ1) is 10.3. The predicted octanol–water partition coefficient (Wildman–Crippen LogP) is 3.17. The fraction of sp³-hybridized carbons (Fsp3) is 0.385. The molecule has 0 radical (unpaired) electrons. The fourth-order valence-corrected chi connectivity index (χ4v) is 3.93. The van der Waals surface area contributed by atoms with Crippen molar-refractivity contribution in [3.8, 4) is 0 Å². The summed E-state index contributed by atoms with van der Waals surface area (Å²) in [5.41, 5.74) is -0.121. The van der Waals surface area contributed by atoms with E-state index >= 15 is 0 Å². The van der Waals surface area contributed by atoms with Crippen molar-refractivity contribution < 1.29 is 13.2 Å². The van der Waals surface area contributed by atoms with Crippen LogP contribution in [0.4, 0.5) is 13.2 Å². The largest absolute Gasteiger partial charge is 0.449 e. The lowest BCUT2D eigenvalue weighted by Gasteiger charge is -2.27. The predicted molar refractivity (Wildman–Crippen MR) is 79.7 cm³/mol. The van der Waals surface area contributed by atoms with Gasteiger partial charge in [-0.05, 0) is 28.1 Å². The molecule has 118 valence electrons. The molecule has 0 fully saturated rings. The zero-order valence-electron chi connectivity index (χ0n) is 11.2. The van der Waals surface area contributed by atoms with Crippen molar-refractivity contribution in [2.24, 2.45) is 0 Å². The monoisotopic (exact) mass is 393 g/mol. The Morgan fingerprint density at radius 2 is 2.18 bits per heavy atom. The lowest BCUT2D eigenvalue weighted by atomic mass is 10.1. The van der Waals surface area contributed by atoms with Gasteiger partial charge < -0.3 is 4.98 Å². The highest BCUT2D eigenvalue weighted by molar-refractivity contribution is 9.11. The summed E-state index contributed by atoms with van der Waals surface area (Å²) >= 11 is 4.99. The van der Waals surface area contributed by atoms with Crippen LogP contribution in [0.3, 0.4) is 0 Å². The van der Waals surface area contributed by atoms with E-state index in [0.717, 1.165) is 8.66 Å². The molecule has 22 heavy (non-hydrogen) atoms. The molecule has 0 bridgehead atoms. The summed E-state index contributed by atoms with van der Waals surface area (Å²) in [5.74, 6) is -1.22. The number of halogens is 4. The van der Waals surface area contributed by atoms with Crippen molar-refractivity contribution in [2.45, 2.75) is 25.7 Å². The van der Waals surface area contributed by atoms with Gasteiger partial charge in [0.2, 0.25) is 5.82 Å². The highest BCUT2D eigenvalue weighted by Gasteiger charge is 2.35. The van der Waals surface area contributed by atoms with Crippen LogP contribution in [0.25, 0.3) is 0 Å². The molecule has 0 aliphatic carbocycles. The quantitative estimate of drug-likeness (QED) is 0.852. The maximum absolute atomic E-state index is 12.7. The topological polar surface area (TPSA) is 49.0 Å². The van der Waals surface area contributed by atoms with Crippen LogP contribution in [0.2, 0.25) is 0 Å². The number of nitrogens with one attached hydrogen (secondary N) is 1. The van der Waals surface area contributed by atoms with E-state index in [1.54, 1.807) is 11.3 Å². The van der Waals surface area contributed by atoms with Gasteiger partial charge in [0.1, 0.15) is 0 Å². The van der Waals surface area contributed by atoms with Crippen molar-refractivity contribution in [3.63, 3.8) is 0 Å². The summed E-state index contributed by atoms with van der Waals surface area (Å²) in [6, 6.07) is 3.93. The summed E-state index contributed by atoms with van der Waals surface area (Å²) in [4.78, 5) is 20.5. The Bertz CT molecular complexity index is 756. The standard InChI is InChI=1S/C13H11BrF3N3OS/c14-10-2-1-7(22-10)5-20-4-3-9-8(6-20)11(21)19-12(18-9)13(15,16)17/h1-2H,3-6H2,(H,18,19,21). The van der Waals surface area contributed by atoms with Gasteiger partial charge in [-0.25, -0.2) is 4.98 Å². The van der Waals surface area contributed by atoms with Crippen LogP contribution >= 0.6 is 27.3 Å². The molecule has 0 atom stereocenters.